The fraction of sp³-hybridized carbons (Fsp3) is 0.333. The van der Waals surface area contributed by atoms with Gasteiger partial charge in [0.1, 0.15) is 11.0 Å². The van der Waals surface area contributed by atoms with Gasteiger partial charge in [-0.2, -0.15) is 0 Å². The molecule has 0 saturated heterocycles. The Labute approximate surface area is 131 Å². The van der Waals surface area contributed by atoms with E-state index in [4.69, 9.17) is 16.6 Å². The summed E-state index contributed by atoms with van der Waals surface area (Å²) in [5.74, 6) is 1.18. The summed E-state index contributed by atoms with van der Waals surface area (Å²) in [7, 11) is 0. The highest BCUT2D eigenvalue weighted by atomic mass is 127. The van der Waals surface area contributed by atoms with Gasteiger partial charge in [-0.15, -0.1) is 0 Å². The van der Waals surface area contributed by atoms with Crippen molar-refractivity contribution in [1.82, 2.24) is 9.97 Å². The molecule has 2 aromatic rings. The van der Waals surface area contributed by atoms with Gasteiger partial charge in [-0.3, -0.25) is 0 Å². The highest BCUT2D eigenvalue weighted by Gasteiger charge is 2.26. The molecule has 98 valence electrons. The van der Waals surface area contributed by atoms with Crippen LogP contribution in [0.25, 0.3) is 0 Å². The number of nitrogens with zero attached hydrogens (tertiary/aromatic N) is 2. The van der Waals surface area contributed by atoms with Crippen molar-refractivity contribution in [2.45, 2.75) is 32.1 Å². The molecule has 0 bridgehead atoms. The number of hydrogen-bond acceptors (Lipinski definition) is 2. The van der Waals surface area contributed by atoms with Crippen molar-refractivity contribution >= 4 is 34.2 Å². The largest absolute Gasteiger partial charge is 0.236 e. The minimum atomic E-state index is 0.302. The molecule has 1 aliphatic rings. The quantitative estimate of drug-likeness (QED) is 0.567. The Morgan fingerprint density at radius 2 is 2.11 bits per heavy atom. The van der Waals surface area contributed by atoms with E-state index in [0.717, 1.165) is 34.4 Å². The smallest absolute Gasteiger partial charge is 0.146 e. The lowest BCUT2D eigenvalue weighted by Gasteiger charge is -2.13. The molecule has 0 radical (unpaired) electrons. The van der Waals surface area contributed by atoms with Crippen molar-refractivity contribution in [2.75, 3.05) is 0 Å². The number of benzene rings is 1. The first kappa shape index (κ1) is 13.3. The summed E-state index contributed by atoms with van der Waals surface area (Å²) in [5, 5.41) is 0.590. The Balaban J connectivity index is 2.07. The van der Waals surface area contributed by atoms with E-state index in [2.05, 4.69) is 58.8 Å². The minimum Gasteiger partial charge on any atom is -0.236 e. The van der Waals surface area contributed by atoms with Crippen LogP contribution in [0.3, 0.4) is 0 Å². The molecule has 0 fully saturated rings. The predicted molar refractivity (Wildman–Crippen MR) is 85.7 cm³/mol. The van der Waals surface area contributed by atoms with Crippen LogP contribution in [0.1, 0.15) is 41.9 Å². The van der Waals surface area contributed by atoms with Crippen LogP contribution in [0.4, 0.5) is 0 Å². The number of halogens is 2. The molecule has 1 atom stereocenters. The molecule has 3 rings (SSSR count). The number of hydrogen-bond donors (Lipinski definition) is 0. The van der Waals surface area contributed by atoms with Crippen LogP contribution in [-0.2, 0) is 12.8 Å². The van der Waals surface area contributed by atoms with Crippen LogP contribution in [-0.4, -0.2) is 9.97 Å². The second kappa shape index (κ2) is 5.37. The number of aryl methyl sites for hydroxylation is 2. The Morgan fingerprint density at radius 3 is 2.89 bits per heavy atom. The van der Waals surface area contributed by atoms with Gasteiger partial charge in [0.15, 0.2) is 0 Å². The molecule has 1 aromatic heterocycles. The van der Waals surface area contributed by atoms with Gasteiger partial charge >= 0.3 is 0 Å². The van der Waals surface area contributed by atoms with Gasteiger partial charge < -0.3 is 0 Å². The molecule has 2 nitrogen and oxygen atoms in total. The SMILES string of the molecule is CCc1nc(C2CCc3ccccc32)nc(Cl)c1I. The monoisotopic (exact) mass is 384 g/mol. The van der Waals surface area contributed by atoms with E-state index >= 15 is 0 Å². The molecular formula is C15H14ClIN2. The van der Waals surface area contributed by atoms with E-state index in [1.807, 2.05) is 0 Å². The number of rotatable bonds is 2. The predicted octanol–water partition coefficient (Wildman–Crippen LogP) is 4.38. The molecule has 0 N–H and O–H groups in total. The lowest BCUT2D eigenvalue weighted by Crippen LogP contribution is -2.07. The van der Waals surface area contributed by atoms with Crippen molar-refractivity contribution in [3.05, 3.63) is 55.6 Å². The summed E-state index contributed by atoms with van der Waals surface area (Å²) in [6, 6.07) is 8.57. The molecule has 1 unspecified atom stereocenters. The maximum absolute atomic E-state index is 6.24. The molecule has 1 aromatic carbocycles. The van der Waals surface area contributed by atoms with E-state index in [1.54, 1.807) is 0 Å². The zero-order chi connectivity index (χ0) is 13.4. The maximum Gasteiger partial charge on any atom is 0.146 e. The topological polar surface area (TPSA) is 25.8 Å². The number of fused-ring (bicyclic) bond motifs is 1. The first-order chi connectivity index (χ1) is 9.20. The summed E-state index contributed by atoms with van der Waals surface area (Å²) in [6.07, 6.45) is 3.08. The van der Waals surface area contributed by atoms with E-state index in [0.29, 0.717) is 11.1 Å². The third-order valence-corrected chi connectivity index (χ3v) is 5.40. The Morgan fingerprint density at radius 1 is 1.32 bits per heavy atom. The lowest BCUT2D eigenvalue weighted by atomic mass is 10.0. The van der Waals surface area contributed by atoms with Crippen molar-refractivity contribution < 1.29 is 0 Å². The third-order valence-electron chi connectivity index (χ3n) is 3.68. The Hall–Kier alpha value is -0.680. The Bertz CT molecular complexity index is 628. The zero-order valence-electron chi connectivity index (χ0n) is 10.7. The standard InChI is InChI=1S/C15H14ClIN2/c1-2-12-13(17)14(16)19-15(18-12)11-8-7-9-5-3-4-6-10(9)11/h3-6,11H,2,7-8H2,1H3. The van der Waals surface area contributed by atoms with E-state index in [9.17, 15) is 0 Å². The fourth-order valence-electron chi connectivity index (χ4n) is 2.70. The van der Waals surface area contributed by atoms with Crippen molar-refractivity contribution in [3.63, 3.8) is 0 Å². The molecule has 1 heterocycles. The van der Waals surface area contributed by atoms with Crippen molar-refractivity contribution in [3.8, 4) is 0 Å². The number of aromatic nitrogens is 2. The molecule has 0 amide bonds. The molecule has 0 aliphatic heterocycles. The summed E-state index contributed by atoms with van der Waals surface area (Å²) in [4.78, 5) is 9.24. The van der Waals surface area contributed by atoms with Crippen LogP contribution in [0.15, 0.2) is 24.3 Å². The average Bonchev–Trinajstić information content (AvgIpc) is 2.85. The van der Waals surface area contributed by atoms with Crippen LogP contribution >= 0.6 is 34.2 Å². The summed E-state index contributed by atoms with van der Waals surface area (Å²) >= 11 is 8.47. The first-order valence-corrected chi connectivity index (χ1v) is 7.96. The van der Waals surface area contributed by atoms with Crippen LogP contribution < -0.4 is 0 Å². The van der Waals surface area contributed by atoms with Gasteiger partial charge in [-0.25, -0.2) is 9.97 Å². The van der Waals surface area contributed by atoms with Crippen molar-refractivity contribution in [1.29, 1.82) is 0 Å². The van der Waals surface area contributed by atoms with Gasteiger partial charge in [0.05, 0.1) is 9.26 Å². The van der Waals surface area contributed by atoms with Gasteiger partial charge in [0.25, 0.3) is 0 Å². The van der Waals surface area contributed by atoms with Gasteiger partial charge in [0, 0.05) is 5.92 Å². The summed E-state index contributed by atoms with van der Waals surface area (Å²) in [5.41, 5.74) is 3.84. The second-order valence-corrected chi connectivity index (χ2v) is 6.21. The normalized spacial score (nSPS) is 17.5. The molecule has 1 aliphatic carbocycles. The highest BCUT2D eigenvalue weighted by Crippen LogP contribution is 2.37. The van der Waals surface area contributed by atoms with E-state index in [1.165, 1.54) is 11.1 Å². The van der Waals surface area contributed by atoms with Crippen LogP contribution in [0.5, 0.6) is 0 Å². The van der Waals surface area contributed by atoms with Gasteiger partial charge in [-0.1, -0.05) is 42.8 Å². The molecule has 4 heteroatoms. The minimum absolute atomic E-state index is 0.302. The first-order valence-electron chi connectivity index (χ1n) is 6.50. The van der Waals surface area contributed by atoms with Crippen molar-refractivity contribution in [2.24, 2.45) is 0 Å². The van der Waals surface area contributed by atoms with E-state index < -0.39 is 0 Å². The average molecular weight is 385 g/mol. The van der Waals surface area contributed by atoms with Gasteiger partial charge in [0.2, 0.25) is 0 Å². The lowest BCUT2D eigenvalue weighted by molar-refractivity contribution is 0.717. The summed E-state index contributed by atoms with van der Waals surface area (Å²) < 4.78 is 0.983. The molecule has 19 heavy (non-hydrogen) atoms. The summed E-state index contributed by atoms with van der Waals surface area (Å²) in [6.45, 7) is 2.10. The second-order valence-electron chi connectivity index (χ2n) is 4.78. The van der Waals surface area contributed by atoms with Crippen LogP contribution in [0.2, 0.25) is 5.15 Å². The van der Waals surface area contributed by atoms with Gasteiger partial charge in [-0.05, 0) is 53.0 Å². The molecule has 0 spiro atoms. The highest BCUT2D eigenvalue weighted by molar-refractivity contribution is 14.1. The van der Waals surface area contributed by atoms with Crippen LogP contribution in [0, 0.1) is 3.57 Å². The molecule has 0 saturated carbocycles. The van der Waals surface area contributed by atoms with E-state index in [-0.39, 0.29) is 0 Å². The fourth-order valence-corrected chi connectivity index (χ4v) is 3.51. The zero-order valence-corrected chi connectivity index (χ0v) is 13.6. The molecular weight excluding hydrogens is 371 g/mol. The maximum atomic E-state index is 6.24. The Kier molecular flexibility index (Phi) is 3.76. The third kappa shape index (κ3) is 2.38.